The molecule has 0 aromatic carbocycles. The average molecular weight is 157 g/mol. The minimum absolute atomic E-state index is 0.336. The first-order valence-corrected chi connectivity index (χ1v) is 3.00. The Kier molecular flexibility index (Phi) is 2.23. The van der Waals surface area contributed by atoms with Crippen LogP contribution in [0.3, 0.4) is 0 Å². The van der Waals surface area contributed by atoms with Gasteiger partial charge in [-0.25, -0.2) is 4.98 Å². The fourth-order valence-corrected chi connectivity index (χ4v) is 0.578. The normalized spacial score (nSPS) is 8.90. The summed E-state index contributed by atoms with van der Waals surface area (Å²) in [5.41, 5.74) is 0. The number of hydrogen-bond acceptors (Lipinski definition) is 3. The molecule has 0 amide bonds. The van der Waals surface area contributed by atoms with E-state index in [9.17, 15) is 0 Å². The Morgan fingerprint density at radius 1 is 1.60 bits per heavy atom. The molecule has 0 atom stereocenters. The van der Waals surface area contributed by atoms with Gasteiger partial charge in [-0.15, -0.1) is 0 Å². The summed E-state index contributed by atoms with van der Waals surface area (Å²) in [4.78, 5) is 3.77. The summed E-state index contributed by atoms with van der Waals surface area (Å²) in [5, 5.41) is 6.36. The van der Waals surface area contributed by atoms with Crippen molar-refractivity contribution in [2.75, 3.05) is 0 Å². The second kappa shape index (κ2) is 3.17. The topological polar surface area (TPSA) is 46.0 Å². The van der Waals surface area contributed by atoms with Crippen LogP contribution < -0.4 is 4.74 Å². The van der Waals surface area contributed by atoms with Gasteiger partial charge in [0.25, 0.3) is 5.36 Å². The molecular weight excluding hydrogens is 152 g/mol. The molecule has 3 nitrogen and oxygen atoms in total. The van der Waals surface area contributed by atoms with Gasteiger partial charge in [0.05, 0.1) is 0 Å². The van der Waals surface area contributed by atoms with Crippen LogP contribution in [0.5, 0.6) is 5.88 Å². The van der Waals surface area contributed by atoms with Gasteiger partial charge in [0, 0.05) is 12.3 Å². The third-order valence-electron chi connectivity index (χ3n) is 0.832. The van der Waals surface area contributed by atoms with Crippen molar-refractivity contribution in [2.24, 2.45) is 0 Å². The zero-order valence-corrected chi connectivity index (χ0v) is 5.80. The summed E-state index contributed by atoms with van der Waals surface area (Å²) in [6.45, 7) is 0. The van der Waals surface area contributed by atoms with E-state index >= 15 is 0 Å². The quantitative estimate of drug-likeness (QED) is 0.496. The molecule has 0 aliphatic carbocycles. The number of halogens is 1. The van der Waals surface area contributed by atoms with Crippen LogP contribution in [0.4, 0.5) is 0 Å². The summed E-state index contributed by atoms with van der Waals surface area (Å²) in [6.07, 6.45) is 1.56. The van der Waals surface area contributed by atoms with Gasteiger partial charge in [0.15, 0.2) is 0 Å². The highest BCUT2D eigenvalue weighted by molar-refractivity contribution is 6.62. The number of nitrogens with one attached hydrogen (secondary N) is 1. The van der Waals surface area contributed by atoms with Crippen LogP contribution in [0.15, 0.2) is 24.4 Å². The third-order valence-corrected chi connectivity index (χ3v) is 0.909. The molecule has 0 unspecified atom stereocenters. The molecule has 10 heavy (non-hydrogen) atoms. The lowest BCUT2D eigenvalue weighted by molar-refractivity contribution is 0.536. The molecule has 0 fully saturated rings. The van der Waals surface area contributed by atoms with Crippen LogP contribution in [-0.4, -0.2) is 10.3 Å². The Labute approximate surface area is 63.1 Å². The molecule has 0 aliphatic rings. The molecule has 4 heteroatoms. The van der Waals surface area contributed by atoms with Crippen LogP contribution in [-0.2, 0) is 0 Å². The molecule has 1 aromatic rings. The van der Waals surface area contributed by atoms with Gasteiger partial charge < -0.3 is 4.74 Å². The van der Waals surface area contributed by atoms with Gasteiger partial charge >= 0.3 is 0 Å². The Morgan fingerprint density at radius 2 is 2.40 bits per heavy atom. The van der Waals surface area contributed by atoms with E-state index < -0.39 is 0 Å². The highest BCUT2D eigenvalue weighted by atomic mass is 35.5. The van der Waals surface area contributed by atoms with Crippen molar-refractivity contribution in [3.05, 3.63) is 24.4 Å². The predicted octanol–water partition coefficient (Wildman–Crippen LogP) is 1.63. The smallest absolute Gasteiger partial charge is 0.286 e. The minimum atomic E-state index is -0.376. The van der Waals surface area contributed by atoms with E-state index in [0.717, 1.165) is 0 Å². The molecule has 0 spiro atoms. The van der Waals surface area contributed by atoms with Crippen molar-refractivity contribution in [2.45, 2.75) is 0 Å². The van der Waals surface area contributed by atoms with E-state index in [-0.39, 0.29) is 5.36 Å². The molecule has 52 valence electrons. The lowest BCUT2D eigenvalue weighted by Crippen LogP contribution is -1.98. The van der Waals surface area contributed by atoms with E-state index in [2.05, 4.69) is 9.72 Å². The van der Waals surface area contributed by atoms with Crippen LogP contribution >= 0.6 is 11.6 Å². The molecule has 0 saturated carbocycles. The number of aromatic nitrogens is 1. The largest absolute Gasteiger partial charge is 0.411 e. The molecule has 1 rings (SSSR count). The van der Waals surface area contributed by atoms with Crippen molar-refractivity contribution in [3.63, 3.8) is 0 Å². The molecule has 0 aliphatic heterocycles. The highest BCUT2D eigenvalue weighted by Gasteiger charge is 1.93. The van der Waals surface area contributed by atoms with Gasteiger partial charge in [-0.1, -0.05) is 6.07 Å². The zero-order valence-electron chi connectivity index (χ0n) is 5.04. The monoisotopic (exact) mass is 156 g/mol. The van der Waals surface area contributed by atoms with Crippen molar-refractivity contribution in [1.82, 2.24) is 4.98 Å². The lowest BCUT2D eigenvalue weighted by Gasteiger charge is -1.96. The summed E-state index contributed by atoms with van der Waals surface area (Å²) < 4.78 is 4.65. The summed E-state index contributed by atoms with van der Waals surface area (Å²) in [5.74, 6) is 0.336. The van der Waals surface area contributed by atoms with Gasteiger partial charge in [0.2, 0.25) is 5.88 Å². The number of hydrogen-bond donors (Lipinski definition) is 1. The molecular formula is C6H5ClN2O. The first kappa shape index (κ1) is 7.02. The standard InChI is InChI=1S/C6H5ClN2O/c7-6(8)10-5-3-1-2-4-9-5/h1-4,8H. The van der Waals surface area contributed by atoms with Gasteiger partial charge in [-0.2, -0.15) is 0 Å². The second-order valence-electron chi connectivity index (χ2n) is 1.54. The van der Waals surface area contributed by atoms with E-state index in [4.69, 9.17) is 17.0 Å². The molecule has 0 radical (unpaired) electrons. The Bertz CT molecular complexity index is 224. The maximum atomic E-state index is 6.73. The molecule has 0 saturated heterocycles. The van der Waals surface area contributed by atoms with Crippen LogP contribution in [0.2, 0.25) is 0 Å². The molecule has 1 N–H and O–H groups in total. The van der Waals surface area contributed by atoms with Crippen LogP contribution in [0.1, 0.15) is 0 Å². The van der Waals surface area contributed by atoms with Crippen molar-refractivity contribution >= 4 is 17.0 Å². The lowest BCUT2D eigenvalue weighted by atomic mass is 10.5. The first-order chi connectivity index (χ1) is 4.79. The molecule has 0 bridgehead atoms. The predicted molar refractivity (Wildman–Crippen MR) is 38.4 cm³/mol. The van der Waals surface area contributed by atoms with E-state index in [0.29, 0.717) is 5.88 Å². The van der Waals surface area contributed by atoms with Crippen molar-refractivity contribution < 1.29 is 4.74 Å². The fourth-order valence-electron chi connectivity index (χ4n) is 0.499. The Balaban J connectivity index is 2.67. The Morgan fingerprint density at radius 3 is 2.90 bits per heavy atom. The fraction of sp³-hybridized carbons (Fsp3) is 0. The summed E-state index contributed by atoms with van der Waals surface area (Å²) >= 11 is 5.13. The first-order valence-electron chi connectivity index (χ1n) is 2.62. The minimum Gasteiger partial charge on any atom is -0.411 e. The van der Waals surface area contributed by atoms with Crippen LogP contribution in [0, 0.1) is 5.41 Å². The third kappa shape index (κ3) is 2.03. The van der Waals surface area contributed by atoms with Gasteiger partial charge in [-0.05, 0) is 17.7 Å². The second-order valence-corrected chi connectivity index (χ2v) is 1.89. The average Bonchev–Trinajstić information content (AvgIpc) is 1.88. The Hall–Kier alpha value is -1.09. The molecule has 1 aromatic heterocycles. The number of nitrogens with zero attached hydrogens (tertiary/aromatic N) is 1. The van der Waals surface area contributed by atoms with Gasteiger partial charge in [0.1, 0.15) is 0 Å². The van der Waals surface area contributed by atoms with Gasteiger partial charge in [-0.3, -0.25) is 5.41 Å². The number of rotatable bonds is 1. The van der Waals surface area contributed by atoms with Crippen molar-refractivity contribution in [1.29, 1.82) is 5.41 Å². The number of ether oxygens (including phenoxy) is 1. The maximum absolute atomic E-state index is 6.73. The van der Waals surface area contributed by atoms with Crippen LogP contribution in [0.25, 0.3) is 0 Å². The molecule has 1 heterocycles. The highest BCUT2D eigenvalue weighted by Crippen LogP contribution is 2.03. The summed E-state index contributed by atoms with van der Waals surface area (Å²) in [6, 6.07) is 5.13. The van der Waals surface area contributed by atoms with E-state index in [1.165, 1.54) is 0 Å². The van der Waals surface area contributed by atoms with E-state index in [1.807, 2.05) is 0 Å². The number of pyridine rings is 1. The maximum Gasteiger partial charge on any atom is 0.286 e. The van der Waals surface area contributed by atoms with Crippen molar-refractivity contribution in [3.8, 4) is 5.88 Å². The SMILES string of the molecule is N=C(Cl)Oc1ccccn1. The van der Waals surface area contributed by atoms with E-state index in [1.54, 1.807) is 24.4 Å². The summed E-state index contributed by atoms with van der Waals surface area (Å²) in [7, 11) is 0. The zero-order chi connectivity index (χ0) is 7.40.